The zero-order valence-corrected chi connectivity index (χ0v) is 22.3. The Kier molecular flexibility index (Phi) is 5.19. The molecule has 5 rings (SSSR count). The molecule has 0 aromatic rings. The molecule has 5 aliphatic rings. The van der Waals surface area contributed by atoms with Crippen molar-refractivity contribution in [3.63, 3.8) is 0 Å². The van der Waals surface area contributed by atoms with Gasteiger partial charge in [-0.3, -0.25) is 0 Å². The number of hydrogen-bond donors (Lipinski definition) is 2. The predicted molar refractivity (Wildman–Crippen MR) is 137 cm³/mol. The van der Waals surface area contributed by atoms with Gasteiger partial charge in [-0.05, 0) is 122 Å². The normalized spacial score (nSPS) is 55.0. The number of fused-ring (bicyclic) bond motifs is 7. The summed E-state index contributed by atoms with van der Waals surface area (Å²) in [6, 6.07) is 0. The van der Waals surface area contributed by atoms with E-state index in [0.717, 1.165) is 31.6 Å². The highest BCUT2D eigenvalue weighted by molar-refractivity contribution is 5.25. The summed E-state index contributed by atoms with van der Waals surface area (Å²) in [6.45, 7) is 23.4. The minimum absolute atomic E-state index is 0.0128. The molecule has 0 spiro atoms. The second-order valence-electron chi connectivity index (χ2n) is 14.7. The molecule has 5 saturated carbocycles. The first-order chi connectivity index (χ1) is 15.3. The highest BCUT2D eigenvalue weighted by Crippen LogP contribution is 2.78. The van der Waals surface area contributed by atoms with E-state index >= 15 is 0 Å². The van der Waals surface area contributed by atoms with Crippen molar-refractivity contribution in [2.75, 3.05) is 0 Å². The number of allylic oxidation sites excluding steroid dienone is 2. The van der Waals surface area contributed by atoms with Gasteiger partial charge in [0.15, 0.2) is 0 Å². The van der Waals surface area contributed by atoms with Crippen molar-refractivity contribution in [2.24, 2.45) is 56.7 Å². The van der Waals surface area contributed by atoms with Gasteiger partial charge in [-0.1, -0.05) is 53.3 Å². The fourth-order valence-corrected chi connectivity index (χ4v) is 11.6. The molecule has 1 unspecified atom stereocenters. The first kappa shape index (κ1) is 24.0. The van der Waals surface area contributed by atoms with Crippen LogP contribution in [0.4, 0.5) is 0 Å². The molecular weight excluding hydrogens is 404 g/mol. The number of aliphatic hydroxyl groups excluding tert-OH is 2. The van der Waals surface area contributed by atoms with Gasteiger partial charge in [0, 0.05) is 5.41 Å². The molecule has 0 amide bonds. The van der Waals surface area contributed by atoms with Crippen molar-refractivity contribution in [2.45, 2.75) is 112 Å². The summed E-state index contributed by atoms with van der Waals surface area (Å²) >= 11 is 0. The van der Waals surface area contributed by atoms with Gasteiger partial charge in [-0.15, -0.1) is 0 Å². The summed E-state index contributed by atoms with van der Waals surface area (Å²) < 4.78 is 0. The molecule has 0 saturated heterocycles. The number of aliphatic hydroxyl groups is 2. The van der Waals surface area contributed by atoms with E-state index in [1.165, 1.54) is 44.1 Å². The van der Waals surface area contributed by atoms with Crippen LogP contribution in [-0.2, 0) is 0 Å². The lowest BCUT2D eigenvalue weighted by Gasteiger charge is -2.73. The van der Waals surface area contributed by atoms with Gasteiger partial charge in [0.1, 0.15) is 0 Å². The summed E-state index contributed by atoms with van der Waals surface area (Å²) in [7, 11) is 0. The van der Waals surface area contributed by atoms with Crippen LogP contribution in [0.5, 0.6) is 0 Å². The maximum atomic E-state index is 10.9. The summed E-state index contributed by atoms with van der Waals surface area (Å²) in [5.74, 6) is 3.47. The Bertz CT molecular complexity index is 857. The van der Waals surface area contributed by atoms with Crippen molar-refractivity contribution in [1.29, 1.82) is 0 Å². The lowest BCUT2D eigenvalue weighted by Crippen LogP contribution is -2.66. The van der Waals surface area contributed by atoms with Gasteiger partial charge in [0.25, 0.3) is 0 Å². The van der Waals surface area contributed by atoms with E-state index in [9.17, 15) is 10.2 Å². The molecule has 0 bridgehead atoms. The fourth-order valence-electron chi connectivity index (χ4n) is 11.6. The standard InChI is InChI=1S/C31H50O2/c1-19(2)21-11-16-31(20(3)32)18-17-29(7)22(26(21)31)9-10-24-28(6)14-13-25(33)27(4,5)23(28)12-15-30(24,29)8/h21-26,32-33H,1,3,9-18H2,2,4-8H3/t21-,22?,23-,24+,25-,26+,28-,29+,30+,31+/m0/s1. The van der Waals surface area contributed by atoms with Gasteiger partial charge >= 0.3 is 0 Å². The van der Waals surface area contributed by atoms with E-state index in [-0.39, 0.29) is 16.9 Å². The van der Waals surface area contributed by atoms with Crippen molar-refractivity contribution >= 4 is 0 Å². The van der Waals surface area contributed by atoms with Crippen LogP contribution in [0.25, 0.3) is 0 Å². The molecule has 5 aliphatic carbocycles. The van der Waals surface area contributed by atoms with Crippen LogP contribution >= 0.6 is 0 Å². The van der Waals surface area contributed by atoms with Crippen molar-refractivity contribution in [3.8, 4) is 0 Å². The molecule has 0 radical (unpaired) electrons. The Balaban J connectivity index is 1.57. The second-order valence-corrected chi connectivity index (χ2v) is 14.7. The highest BCUT2D eigenvalue weighted by atomic mass is 16.3. The molecule has 186 valence electrons. The molecule has 2 N–H and O–H groups in total. The highest BCUT2D eigenvalue weighted by Gasteiger charge is 2.71. The van der Waals surface area contributed by atoms with Crippen LogP contribution in [-0.4, -0.2) is 16.3 Å². The first-order valence-corrected chi connectivity index (χ1v) is 14.0. The van der Waals surface area contributed by atoms with Crippen LogP contribution in [0.15, 0.2) is 24.5 Å². The van der Waals surface area contributed by atoms with Gasteiger partial charge < -0.3 is 10.2 Å². The molecular formula is C31H50O2. The zero-order valence-electron chi connectivity index (χ0n) is 22.3. The largest absolute Gasteiger partial charge is 0.512 e. The zero-order chi connectivity index (χ0) is 24.2. The van der Waals surface area contributed by atoms with Gasteiger partial charge in [-0.25, -0.2) is 0 Å². The van der Waals surface area contributed by atoms with Crippen LogP contribution in [0, 0.1) is 56.7 Å². The molecule has 0 heterocycles. The smallest absolute Gasteiger partial charge is 0.0915 e. The van der Waals surface area contributed by atoms with E-state index in [1.54, 1.807) is 0 Å². The Morgan fingerprint density at radius 3 is 2.09 bits per heavy atom. The predicted octanol–water partition coefficient (Wildman–Crippen LogP) is 8.08. The van der Waals surface area contributed by atoms with E-state index in [1.807, 2.05) is 0 Å². The van der Waals surface area contributed by atoms with Crippen LogP contribution in [0.2, 0.25) is 0 Å². The summed E-state index contributed by atoms with van der Waals surface area (Å²) in [5.41, 5.74) is 2.19. The maximum absolute atomic E-state index is 10.9. The molecule has 0 aromatic carbocycles. The summed E-state index contributed by atoms with van der Waals surface area (Å²) in [6.07, 6.45) is 11.7. The lowest BCUT2D eigenvalue weighted by atomic mass is 9.32. The monoisotopic (exact) mass is 454 g/mol. The van der Waals surface area contributed by atoms with E-state index in [0.29, 0.717) is 45.7 Å². The van der Waals surface area contributed by atoms with E-state index < -0.39 is 0 Å². The third kappa shape index (κ3) is 2.77. The van der Waals surface area contributed by atoms with Gasteiger partial charge in [0.2, 0.25) is 0 Å². The molecule has 2 heteroatoms. The Morgan fingerprint density at radius 1 is 0.758 bits per heavy atom. The SMILES string of the molecule is C=C(C)[C@@H]1CC[C@]2(C(=C)O)CC[C@]3(C)C(CC[C@@H]4[C@@]5(C)CC[C@H](O)C(C)(C)[C@@H]5CC[C@]43C)[C@@H]12. The van der Waals surface area contributed by atoms with Crippen molar-refractivity contribution in [1.82, 2.24) is 0 Å². The lowest BCUT2D eigenvalue weighted by molar-refractivity contribution is -0.246. The summed E-state index contributed by atoms with van der Waals surface area (Å²) in [4.78, 5) is 0. The Labute approximate surface area is 203 Å². The average Bonchev–Trinajstić information content (AvgIpc) is 3.13. The Morgan fingerprint density at radius 2 is 1.45 bits per heavy atom. The number of rotatable bonds is 2. The second kappa shape index (κ2) is 7.14. The van der Waals surface area contributed by atoms with Crippen LogP contribution in [0.3, 0.4) is 0 Å². The Hall–Kier alpha value is -0.760. The van der Waals surface area contributed by atoms with Gasteiger partial charge in [0.05, 0.1) is 11.9 Å². The van der Waals surface area contributed by atoms with Crippen molar-refractivity contribution in [3.05, 3.63) is 24.5 Å². The molecule has 0 aliphatic heterocycles. The first-order valence-electron chi connectivity index (χ1n) is 14.0. The minimum atomic E-state index is -0.160. The molecule has 10 atom stereocenters. The third-order valence-electron chi connectivity index (χ3n) is 13.6. The topological polar surface area (TPSA) is 40.5 Å². The van der Waals surface area contributed by atoms with Crippen molar-refractivity contribution < 1.29 is 10.2 Å². The average molecular weight is 455 g/mol. The quantitative estimate of drug-likeness (QED) is 0.327. The molecule has 0 aromatic heterocycles. The molecule has 2 nitrogen and oxygen atoms in total. The number of hydrogen-bond acceptors (Lipinski definition) is 2. The van der Waals surface area contributed by atoms with Crippen LogP contribution < -0.4 is 0 Å². The maximum Gasteiger partial charge on any atom is 0.0915 e. The van der Waals surface area contributed by atoms with E-state index in [4.69, 9.17) is 0 Å². The fraction of sp³-hybridized carbons (Fsp3) is 0.871. The minimum Gasteiger partial charge on any atom is -0.512 e. The van der Waals surface area contributed by atoms with Gasteiger partial charge in [-0.2, -0.15) is 0 Å². The third-order valence-corrected chi connectivity index (χ3v) is 13.6. The molecule has 5 fully saturated rings. The summed E-state index contributed by atoms with van der Waals surface area (Å²) in [5, 5.41) is 21.9. The van der Waals surface area contributed by atoms with Crippen LogP contribution in [0.1, 0.15) is 106 Å². The van der Waals surface area contributed by atoms with E-state index in [2.05, 4.69) is 54.7 Å². The molecule has 33 heavy (non-hydrogen) atoms.